The molecule has 0 saturated heterocycles. The molecule has 4 aromatic rings. The van der Waals surface area contributed by atoms with Crippen molar-refractivity contribution in [3.05, 3.63) is 53.4 Å². The van der Waals surface area contributed by atoms with Gasteiger partial charge in [0.05, 0.1) is 23.1 Å². The maximum Gasteiger partial charge on any atom is 0.231 e. The number of nitrogens with zero attached hydrogens (tertiary/aromatic N) is 3. The minimum atomic E-state index is 0.199. The van der Waals surface area contributed by atoms with Crippen LogP contribution in [0.15, 0.2) is 53.4 Å². The molecule has 28 heavy (non-hydrogen) atoms. The second kappa shape index (κ2) is 5.80. The third kappa shape index (κ3) is 2.18. The first-order valence-corrected chi connectivity index (χ1v) is 9.44. The summed E-state index contributed by atoms with van der Waals surface area (Å²) in [7, 11) is 0. The summed E-state index contributed by atoms with van der Waals surface area (Å²) < 4.78 is 12.1. The number of imidazole rings is 1. The van der Waals surface area contributed by atoms with Crippen molar-refractivity contribution in [2.75, 3.05) is 12.1 Å². The normalized spacial score (nSPS) is 13.2. The average Bonchev–Trinajstić information content (AvgIpc) is 3.33. The van der Waals surface area contributed by atoms with Crippen LogP contribution in [0.25, 0.3) is 33.9 Å². The number of hydrogen-bond acceptors (Lipinski definition) is 6. The summed E-state index contributed by atoms with van der Waals surface area (Å²) in [6.07, 6.45) is 5.31. The molecular weight excluding hydrogens is 422 g/mol. The fourth-order valence-electron chi connectivity index (χ4n) is 3.59. The Morgan fingerprint density at radius 1 is 1.04 bits per heavy atom. The quantitative estimate of drug-likeness (QED) is 0.396. The van der Waals surface area contributed by atoms with Gasteiger partial charge < -0.3 is 19.8 Å². The van der Waals surface area contributed by atoms with Gasteiger partial charge in [-0.3, -0.25) is 4.98 Å². The third-order valence-corrected chi connectivity index (χ3v) is 5.50. The molecule has 5 heterocycles. The van der Waals surface area contributed by atoms with Gasteiger partial charge in [0, 0.05) is 28.0 Å². The number of benzene rings is 1. The highest BCUT2D eigenvalue weighted by atomic mass is 79.9. The average molecular weight is 434 g/mol. The van der Waals surface area contributed by atoms with Crippen LogP contribution < -0.4 is 14.8 Å². The minimum Gasteiger partial charge on any atom is -0.454 e. The van der Waals surface area contributed by atoms with E-state index in [0.717, 1.165) is 44.1 Å². The van der Waals surface area contributed by atoms with Gasteiger partial charge in [0.15, 0.2) is 11.5 Å². The van der Waals surface area contributed by atoms with Gasteiger partial charge in [-0.2, -0.15) is 0 Å². The predicted octanol–water partition coefficient (Wildman–Crippen LogP) is 4.75. The van der Waals surface area contributed by atoms with Crippen LogP contribution in [-0.4, -0.2) is 26.7 Å². The molecule has 8 heteroatoms. The molecule has 0 spiro atoms. The van der Waals surface area contributed by atoms with Crippen molar-refractivity contribution >= 4 is 27.4 Å². The third-order valence-electron chi connectivity index (χ3n) is 4.84. The van der Waals surface area contributed by atoms with E-state index in [0.29, 0.717) is 17.3 Å². The number of halogens is 1. The van der Waals surface area contributed by atoms with Crippen molar-refractivity contribution in [2.45, 2.75) is 0 Å². The molecule has 2 N–H and O–H groups in total. The van der Waals surface area contributed by atoms with Crippen molar-refractivity contribution in [1.29, 1.82) is 0 Å². The van der Waals surface area contributed by atoms with Gasteiger partial charge in [-0.25, -0.2) is 9.97 Å². The molecule has 0 radical (unpaired) electrons. The number of hydrogen-bond donors (Lipinski definition) is 2. The fourth-order valence-corrected chi connectivity index (χ4v) is 4.09. The van der Waals surface area contributed by atoms with E-state index in [2.05, 4.69) is 36.2 Å². The number of ether oxygens (including phenoxy) is 2. The number of aromatic nitrogens is 4. The molecule has 0 fully saturated rings. The van der Waals surface area contributed by atoms with Crippen LogP contribution in [0.4, 0.5) is 11.5 Å². The molecule has 0 atom stereocenters. The number of rotatable bonds is 1. The molecule has 7 nitrogen and oxygen atoms in total. The van der Waals surface area contributed by atoms with Gasteiger partial charge in [-0.1, -0.05) is 0 Å². The molecule has 0 bridgehead atoms. The number of pyridine rings is 2. The molecule has 0 unspecified atom stereocenters. The number of nitrogens with one attached hydrogen (secondary N) is 2. The topological polar surface area (TPSA) is 85.0 Å². The van der Waals surface area contributed by atoms with Gasteiger partial charge in [0.25, 0.3) is 0 Å². The summed E-state index contributed by atoms with van der Waals surface area (Å²) in [5, 5.41) is 3.36. The zero-order valence-electron chi connectivity index (χ0n) is 14.4. The van der Waals surface area contributed by atoms with E-state index in [-0.39, 0.29) is 6.79 Å². The second-order valence-corrected chi connectivity index (χ2v) is 7.27. The Labute approximate surface area is 167 Å². The lowest BCUT2D eigenvalue weighted by molar-refractivity contribution is 0.174. The van der Waals surface area contributed by atoms with E-state index in [1.54, 1.807) is 18.6 Å². The standard InChI is InChI=1S/C20H12BrN5O2/c21-12-3-4-14-18(28-9-27-14)15(12)20-25-16-10-5-7-22-8-13(10)24-19-11(17(16)26-20)2-1-6-23-19/h1-8H,9H2,(H,23,24)(H,25,26). The van der Waals surface area contributed by atoms with Crippen molar-refractivity contribution < 1.29 is 9.47 Å². The van der Waals surface area contributed by atoms with E-state index in [1.165, 1.54) is 0 Å². The highest BCUT2D eigenvalue weighted by Crippen LogP contribution is 2.48. The summed E-state index contributed by atoms with van der Waals surface area (Å²) in [5.74, 6) is 2.82. The molecule has 2 aliphatic rings. The van der Waals surface area contributed by atoms with E-state index in [1.807, 2.05) is 30.3 Å². The van der Waals surface area contributed by atoms with Crippen molar-refractivity contribution in [1.82, 2.24) is 19.9 Å². The number of anilines is 2. The lowest BCUT2D eigenvalue weighted by Gasteiger charge is -2.08. The summed E-state index contributed by atoms with van der Waals surface area (Å²) in [6.45, 7) is 0.199. The van der Waals surface area contributed by atoms with Crippen LogP contribution in [-0.2, 0) is 0 Å². The molecule has 0 aliphatic carbocycles. The Balaban J connectivity index is 1.66. The molecule has 136 valence electrons. The first kappa shape index (κ1) is 15.6. The SMILES string of the molecule is Brc1ccc2c(c1-c1nc3c([nH]1)-c1ccncc1Nc1ncccc1-3)OCO2. The van der Waals surface area contributed by atoms with Gasteiger partial charge in [-0.05, 0) is 46.3 Å². The maximum absolute atomic E-state index is 5.71. The number of H-pyrrole nitrogens is 1. The van der Waals surface area contributed by atoms with Gasteiger partial charge in [0.2, 0.25) is 6.79 Å². The maximum atomic E-state index is 5.71. The molecular formula is C20H12BrN5O2. The highest BCUT2D eigenvalue weighted by Gasteiger charge is 2.28. The first-order chi connectivity index (χ1) is 13.8. The molecule has 2 aliphatic heterocycles. The zero-order valence-corrected chi connectivity index (χ0v) is 15.9. The second-order valence-electron chi connectivity index (χ2n) is 6.41. The molecule has 6 rings (SSSR count). The Bertz CT molecular complexity index is 1190. The Hall–Kier alpha value is -3.39. The Morgan fingerprint density at radius 2 is 2.00 bits per heavy atom. The summed E-state index contributed by atoms with van der Waals surface area (Å²) in [5.41, 5.74) is 5.30. The van der Waals surface area contributed by atoms with Gasteiger partial charge in [0.1, 0.15) is 17.3 Å². The minimum absolute atomic E-state index is 0.199. The van der Waals surface area contributed by atoms with E-state index >= 15 is 0 Å². The van der Waals surface area contributed by atoms with Gasteiger partial charge >= 0.3 is 0 Å². The predicted molar refractivity (Wildman–Crippen MR) is 108 cm³/mol. The van der Waals surface area contributed by atoms with Crippen molar-refractivity contribution in [3.8, 4) is 45.4 Å². The molecule has 0 saturated carbocycles. The van der Waals surface area contributed by atoms with E-state index in [4.69, 9.17) is 14.5 Å². The van der Waals surface area contributed by atoms with Crippen LogP contribution in [0.1, 0.15) is 0 Å². The van der Waals surface area contributed by atoms with Crippen LogP contribution in [0.5, 0.6) is 11.5 Å². The van der Waals surface area contributed by atoms with E-state index < -0.39 is 0 Å². The highest BCUT2D eigenvalue weighted by molar-refractivity contribution is 9.10. The summed E-state index contributed by atoms with van der Waals surface area (Å²) >= 11 is 3.63. The Morgan fingerprint density at radius 3 is 2.96 bits per heavy atom. The molecule has 3 aromatic heterocycles. The lowest BCUT2D eigenvalue weighted by atomic mass is 10.1. The number of aromatic amines is 1. The van der Waals surface area contributed by atoms with Crippen molar-refractivity contribution in [2.24, 2.45) is 0 Å². The summed E-state index contributed by atoms with van der Waals surface area (Å²) in [4.78, 5) is 17.2. The van der Waals surface area contributed by atoms with Crippen LogP contribution in [0, 0.1) is 0 Å². The van der Waals surface area contributed by atoms with Crippen LogP contribution in [0.2, 0.25) is 0 Å². The largest absolute Gasteiger partial charge is 0.454 e. The first-order valence-electron chi connectivity index (χ1n) is 8.65. The smallest absolute Gasteiger partial charge is 0.231 e. The lowest BCUT2D eigenvalue weighted by Crippen LogP contribution is -1.96. The van der Waals surface area contributed by atoms with Crippen LogP contribution in [0.3, 0.4) is 0 Å². The summed E-state index contributed by atoms with van der Waals surface area (Å²) in [6, 6.07) is 9.68. The van der Waals surface area contributed by atoms with Crippen LogP contribution >= 0.6 is 15.9 Å². The number of fused-ring (bicyclic) bond motifs is 6. The fraction of sp³-hybridized carbons (Fsp3) is 0.0500. The monoisotopic (exact) mass is 433 g/mol. The Kier molecular flexibility index (Phi) is 3.24. The molecule has 0 amide bonds. The van der Waals surface area contributed by atoms with Crippen molar-refractivity contribution in [3.63, 3.8) is 0 Å². The van der Waals surface area contributed by atoms with E-state index in [9.17, 15) is 0 Å². The zero-order chi connectivity index (χ0) is 18.7. The van der Waals surface area contributed by atoms with Gasteiger partial charge in [-0.15, -0.1) is 0 Å². The molecule has 1 aromatic carbocycles.